The maximum absolute atomic E-state index is 10.4. The fourth-order valence-electron chi connectivity index (χ4n) is 3.18. The Morgan fingerprint density at radius 3 is 1.79 bits per heavy atom. The van der Waals surface area contributed by atoms with E-state index in [0.717, 1.165) is 11.1 Å². The predicted octanol–water partition coefficient (Wildman–Crippen LogP) is 5.50. The Hall–Kier alpha value is -3.14. The molecule has 4 rings (SSSR count). The monoisotopic (exact) mass is 423 g/mol. The number of phenolic OH excluding ortho intramolecular Hbond substituents is 2. The summed E-state index contributed by atoms with van der Waals surface area (Å²) in [6.45, 7) is 3.80. The van der Waals surface area contributed by atoms with Crippen LogP contribution in [0.5, 0.6) is 11.5 Å². The quantitative estimate of drug-likeness (QED) is 0.427. The topological polar surface area (TPSA) is 66.2 Å². The molecule has 0 atom stereocenters. The molecule has 0 spiro atoms. The SMILES string of the molecule is Cc1ccc(-c2cccc(-c3cccc(-c4cccc(C)c4O)n3)n2)c(O)c1.[Mn]. The van der Waals surface area contributed by atoms with Crippen molar-refractivity contribution in [3.63, 3.8) is 0 Å². The van der Waals surface area contributed by atoms with Gasteiger partial charge in [0.15, 0.2) is 0 Å². The average molecular weight is 423 g/mol. The molecule has 2 aromatic heterocycles. The van der Waals surface area contributed by atoms with E-state index in [9.17, 15) is 10.2 Å². The van der Waals surface area contributed by atoms with E-state index in [1.54, 1.807) is 6.07 Å². The maximum Gasteiger partial charge on any atom is 0.127 e. The normalized spacial score (nSPS) is 10.4. The molecule has 0 aliphatic heterocycles. The molecule has 145 valence electrons. The largest absolute Gasteiger partial charge is 0.507 e. The number of para-hydroxylation sites is 1. The number of nitrogens with zero attached hydrogens (tertiary/aromatic N) is 2. The summed E-state index contributed by atoms with van der Waals surface area (Å²) in [7, 11) is 0. The van der Waals surface area contributed by atoms with Crippen LogP contribution in [0.25, 0.3) is 33.9 Å². The van der Waals surface area contributed by atoms with Crippen LogP contribution in [0.3, 0.4) is 0 Å². The molecule has 0 saturated heterocycles. The number of aryl methyl sites for hydroxylation is 2. The molecule has 0 aliphatic carbocycles. The van der Waals surface area contributed by atoms with Gasteiger partial charge in [0.1, 0.15) is 11.5 Å². The number of aromatic nitrogens is 2. The van der Waals surface area contributed by atoms with Crippen molar-refractivity contribution >= 4 is 0 Å². The van der Waals surface area contributed by atoms with Crippen molar-refractivity contribution in [3.8, 4) is 45.4 Å². The Morgan fingerprint density at radius 2 is 1.17 bits per heavy atom. The molecule has 2 heterocycles. The van der Waals surface area contributed by atoms with Crippen molar-refractivity contribution in [1.82, 2.24) is 9.97 Å². The third-order valence-electron chi connectivity index (χ3n) is 4.70. The molecular formula is C24H20MnN2O2. The summed E-state index contributed by atoms with van der Waals surface area (Å²) >= 11 is 0. The summed E-state index contributed by atoms with van der Waals surface area (Å²) in [5.41, 5.74) is 5.93. The smallest absolute Gasteiger partial charge is 0.127 e. The molecule has 0 aliphatic rings. The molecule has 2 aromatic carbocycles. The van der Waals surface area contributed by atoms with Gasteiger partial charge in [-0.2, -0.15) is 0 Å². The average Bonchev–Trinajstić information content (AvgIpc) is 2.70. The molecule has 4 nitrogen and oxygen atoms in total. The molecule has 2 N–H and O–H groups in total. The van der Waals surface area contributed by atoms with Gasteiger partial charge in [0.2, 0.25) is 0 Å². The molecule has 4 aromatic rings. The second-order valence-electron chi connectivity index (χ2n) is 6.81. The van der Waals surface area contributed by atoms with Crippen LogP contribution in [0.1, 0.15) is 11.1 Å². The Labute approximate surface area is 180 Å². The predicted molar refractivity (Wildman–Crippen MR) is 111 cm³/mol. The van der Waals surface area contributed by atoms with Crippen LogP contribution < -0.4 is 0 Å². The zero-order chi connectivity index (χ0) is 19.7. The Bertz CT molecular complexity index is 1180. The maximum atomic E-state index is 10.4. The van der Waals surface area contributed by atoms with Gasteiger partial charge in [-0.25, -0.2) is 9.97 Å². The first-order valence-corrected chi connectivity index (χ1v) is 9.06. The van der Waals surface area contributed by atoms with Gasteiger partial charge in [0.05, 0.1) is 22.8 Å². The van der Waals surface area contributed by atoms with Gasteiger partial charge in [0.25, 0.3) is 0 Å². The Morgan fingerprint density at radius 1 is 0.621 bits per heavy atom. The number of hydrogen-bond acceptors (Lipinski definition) is 4. The van der Waals surface area contributed by atoms with E-state index < -0.39 is 0 Å². The van der Waals surface area contributed by atoms with E-state index in [4.69, 9.17) is 9.97 Å². The van der Waals surface area contributed by atoms with Gasteiger partial charge in [0, 0.05) is 28.2 Å². The first-order chi connectivity index (χ1) is 13.5. The Balaban J connectivity index is 0.00000240. The van der Waals surface area contributed by atoms with Gasteiger partial charge in [-0.1, -0.05) is 30.3 Å². The van der Waals surface area contributed by atoms with Gasteiger partial charge in [-0.3, -0.25) is 0 Å². The molecule has 0 saturated carbocycles. The van der Waals surface area contributed by atoms with Crippen molar-refractivity contribution in [1.29, 1.82) is 0 Å². The zero-order valence-corrected chi connectivity index (χ0v) is 17.3. The van der Waals surface area contributed by atoms with Crippen LogP contribution in [-0.2, 0) is 17.1 Å². The van der Waals surface area contributed by atoms with Crippen molar-refractivity contribution in [2.45, 2.75) is 13.8 Å². The first-order valence-electron chi connectivity index (χ1n) is 9.06. The van der Waals surface area contributed by atoms with E-state index in [1.165, 1.54) is 0 Å². The summed E-state index contributed by atoms with van der Waals surface area (Å²) in [4.78, 5) is 9.40. The van der Waals surface area contributed by atoms with Gasteiger partial charge >= 0.3 is 0 Å². The van der Waals surface area contributed by atoms with Gasteiger partial charge in [-0.05, 0) is 67.4 Å². The molecule has 0 fully saturated rings. The van der Waals surface area contributed by atoms with Crippen molar-refractivity contribution < 1.29 is 27.3 Å². The van der Waals surface area contributed by atoms with Crippen molar-refractivity contribution in [2.24, 2.45) is 0 Å². The second-order valence-corrected chi connectivity index (χ2v) is 6.81. The van der Waals surface area contributed by atoms with Gasteiger partial charge in [-0.15, -0.1) is 0 Å². The second kappa shape index (κ2) is 8.48. The number of aromatic hydroxyl groups is 2. The molecule has 0 amide bonds. The van der Waals surface area contributed by atoms with Crippen LogP contribution in [0, 0.1) is 13.8 Å². The summed E-state index contributed by atoms with van der Waals surface area (Å²) < 4.78 is 0. The van der Waals surface area contributed by atoms with Crippen LogP contribution >= 0.6 is 0 Å². The minimum Gasteiger partial charge on any atom is -0.507 e. The van der Waals surface area contributed by atoms with E-state index in [1.807, 2.05) is 80.6 Å². The minimum absolute atomic E-state index is 0. The Kier molecular flexibility index (Phi) is 6.02. The van der Waals surface area contributed by atoms with Crippen molar-refractivity contribution in [3.05, 3.63) is 83.9 Å². The van der Waals surface area contributed by atoms with E-state index in [0.29, 0.717) is 33.9 Å². The summed E-state index contributed by atoms with van der Waals surface area (Å²) in [6, 6.07) is 22.5. The number of benzene rings is 2. The minimum atomic E-state index is 0. The summed E-state index contributed by atoms with van der Waals surface area (Å²) in [5.74, 6) is 0.439. The molecule has 29 heavy (non-hydrogen) atoms. The standard InChI is InChI=1S/C24H20N2O2.Mn/c1-15-12-13-17(23(27)14-15)19-8-4-10-21(25-19)22-11-5-9-20(26-22)18-7-3-6-16(2)24(18)28;/h3-14,27-28H,1-2H3;. The third kappa shape index (κ3) is 4.16. The van der Waals surface area contributed by atoms with Crippen LogP contribution in [0.2, 0.25) is 0 Å². The molecular weight excluding hydrogens is 403 g/mol. The number of pyridine rings is 2. The van der Waals surface area contributed by atoms with Gasteiger partial charge < -0.3 is 10.2 Å². The number of phenols is 2. The van der Waals surface area contributed by atoms with Crippen molar-refractivity contribution in [2.75, 3.05) is 0 Å². The van der Waals surface area contributed by atoms with E-state index in [2.05, 4.69) is 0 Å². The summed E-state index contributed by atoms with van der Waals surface area (Å²) in [5, 5.41) is 20.6. The zero-order valence-electron chi connectivity index (χ0n) is 16.1. The third-order valence-corrected chi connectivity index (χ3v) is 4.70. The van der Waals surface area contributed by atoms with Crippen LogP contribution in [-0.4, -0.2) is 20.2 Å². The summed E-state index contributed by atoms with van der Waals surface area (Å²) in [6.07, 6.45) is 0. The molecule has 0 bridgehead atoms. The molecule has 5 heteroatoms. The van der Waals surface area contributed by atoms with Crippen LogP contribution in [0.4, 0.5) is 0 Å². The first kappa shape index (κ1) is 20.6. The fourth-order valence-corrected chi connectivity index (χ4v) is 3.18. The number of rotatable bonds is 3. The molecule has 0 unspecified atom stereocenters. The van der Waals surface area contributed by atoms with Crippen LogP contribution in [0.15, 0.2) is 72.8 Å². The molecule has 1 radical (unpaired) electrons. The fraction of sp³-hybridized carbons (Fsp3) is 0.0833. The van der Waals surface area contributed by atoms with E-state index >= 15 is 0 Å². The van der Waals surface area contributed by atoms with E-state index in [-0.39, 0.29) is 28.6 Å². The number of hydrogen-bond donors (Lipinski definition) is 2.